The molecule has 1 aliphatic rings. The summed E-state index contributed by atoms with van der Waals surface area (Å²) < 4.78 is 0. The van der Waals surface area contributed by atoms with Gasteiger partial charge in [-0.2, -0.15) is 0 Å². The first-order valence-corrected chi connectivity index (χ1v) is 3.72. The van der Waals surface area contributed by atoms with Crippen molar-refractivity contribution in [2.24, 2.45) is 5.73 Å². The quantitative estimate of drug-likeness (QED) is 0.409. The number of rotatable bonds is 2. The molecule has 1 rings (SSSR count). The van der Waals surface area contributed by atoms with Gasteiger partial charge in [0.15, 0.2) is 6.29 Å². The predicted octanol–water partition coefficient (Wildman–Crippen LogP) is 0.210. The Labute approximate surface area is 71.6 Å². The highest BCUT2D eigenvalue weighted by atomic mass is 16.2. The van der Waals surface area contributed by atoms with Crippen LogP contribution < -0.4 is 5.73 Å². The van der Waals surface area contributed by atoms with Crippen LogP contribution in [0, 0.1) is 5.41 Å². The van der Waals surface area contributed by atoms with Crippen LogP contribution in [0.25, 0.3) is 0 Å². The van der Waals surface area contributed by atoms with Gasteiger partial charge in [-0.15, -0.1) is 0 Å². The van der Waals surface area contributed by atoms with Gasteiger partial charge in [0.05, 0.1) is 5.71 Å². The van der Waals surface area contributed by atoms with E-state index in [1.54, 1.807) is 0 Å². The molecule has 0 spiro atoms. The third-order valence-electron chi connectivity index (χ3n) is 1.70. The second-order valence-corrected chi connectivity index (χ2v) is 2.39. The van der Waals surface area contributed by atoms with Gasteiger partial charge in [0.25, 0.3) is 0 Å². The summed E-state index contributed by atoms with van der Waals surface area (Å²) in [6.07, 6.45) is 3.17. The molecule has 4 N–H and O–H groups in total. The molecule has 0 saturated heterocycles. The van der Waals surface area contributed by atoms with E-state index in [4.69, 9.17) is 16.2 Å². The SMILES string of the molecule is CO.N=C(C=O)C1=C(N)CCC1. The number of allylic oxidation sites excluding steroid dienone is 2. The maximum absolute atomic E-state index is 10.1. The van der Waals surface area contributed by atoms with Crippen molar-refractivity contribution in [3.8, 4) is 0 Å². The fraction of sp³-hybridized carbons (Fsp3) is 0.500. The molecule has 0 amide bonds. The van der Waals surface area contributed by atoms with Gasteiger partial charge in [-0.1, -0.05) is 0 Å². The van der Waals surface area contributed by atoms with Crippen LogP contribution in [-0.4, -0.2) is 24.2 Å². The summed E-state index contributed by atoms with van der Waals surface area (Å²) in [5.41, 5.74) is 7.05. The van der Waals surface area contributed by atoms with Crippen LogP contribution in [0.3, 0.4) is 0 Å². The van der Waals surface area contributed by atoms with E-state index in [0.717, 1.165) is 37.6 Å². The fourth-order valence-corrected chi connectivity index (χ4v) is 1.15. The fourth-order valence-electron chi connectivity index (χ4n) is 1.15. The van der Waals surface area contributed by atoms with Crippen molar-refractivity contribution in [3.63, 3.8) is 0 Å². The molecule has 0 heterocycles. The molecule has 12 heavy (non-hydrogen) atoms. The Balaban J connectivity index is 0.000000561. The van der Waals surface area contributed by atoms with Gasteiger partial charge in [-0.25, -0.2) is 0 Å². The van der Waals surface area contributed by atoms with Gasteiger partial charge in [-0.3, -0.25) is 10.2 Å². The van der Waals surface area contributed by atoms with E-state index in [2.05, 4.69) is 0 Å². The van der Waals surface area contributed by atoms with Crippen molar-refractivity contribution in [1.82, 2.24) is 0 Å². The van der Waals surface area contributed by atoms with Crippen molar-refractivity contribution >= 4 is 12.0 Å². The highest BCUT2D eigenvalue weighted by molar-refractivity contribution is 6.34. The standard InChI is InChI=1S/C7H10N2O.CH4O/c8-6-3-1-2-5(6)7(9)4-10;1-2/h4,9H,1-3,8H2;2H,1H3. The Bertz CT molecular complexity index is 209. The van der Waals surface area contributed by atoms with Gasteiger partial charge < -0.3 is 10.8 Å². The number of nitrogens with two attached hydrogens (primary N) is 1. The summed E-state index contributed by atoms with van der Waals surface area (Å²) in [6, 6.07) is 0. The highest BCUT2D eigenvalue weighted by Gasteiger charge is 2.14. The first-order valence-electron chi connectivity index (χ1n) is 3.72. The van der Waals surface area contributed by atoms with E-state index < -0.39 is 0 Å². The van der Waals surface area contributed by atoms with Crippen LogP contribution in [0.1, 0.15) is 19.3 Å². The van der Waals surface area contributed by atoms with Crippen molar-refractivity contribution < 1.29 is 9.90 Å². The first-order chi connectivity index (χ1) is 5.75. The lowest BCUT2D eigenvalue weighted by molar-refractivity contribution is -0.102. The Morgan fingerprint density at radius 3 is 2.50 bits per heavy atom. The zero-order valence-electron chi connectivity index (χ0n) is 7.13. The van der Waals surface area contributed by atoms with Crippen molar-refractivity contribution in [2.45, 2.75) is 19.3 Å². The third-order valence-corrected chi connectivity index (χ3v) is 1.70. The molecular formula is C8H14N2O2. The van der Waals surface area contributed by atoms with Gasteiger partial charge in [0, 0.05) is 12.8 Å². The summed E-state index contributed by atoms with van der Waals surface area (Å²) >= 11 is 0. The maximum atomic E-state index is 10.1. The molecule has 4 nitrogen and oxygen atoms in total. The molecule has 0 aromatic carbocycles. The summed E-state index contributed by atoms with van der Waals surface area (Å²) in [4.78, 5) is 10.1. The molecule has 0 atom stereocenters. The van der Waals surface area contributed by atoms with E-state index in [0.29, 0.717) is 6.29 Å². The van der Waals surface area contributed by atoms with Crippen LogP contribution in [0.15, 0.2) is 11.3 Å². The predicted molar refractivity (Wildman–Crippen MR) is 47.0 cm³/mol. The summed E-state index contributed by atoms with van der Waals surface area (Å²) in [5, 5.41) is 14.2. The zero-order valence-corrected chi connectivity index (χ0v) is 7.13. The number of nitrogens with one attached hydrogen (secondary N) is 1. The molecule has 0 unspecified atom stereocenters. The molecule has 0 aromatic rings. The highest BCUT2D eigenvalue weighted by Crippen LogP contribution is 2.21. The average molecular weight is 170 g/mol. The molecule has 0 fully saturated rings. The minimum absolute atomic E-state index is 0.0509. The summed E-state index contributed by atoms with van der Waals surface area (Å²) in [7, 11) is 1.00. The van der Waals surface area contributed by atoms with Crippen LogP contribution in [-0.2, 0) is 4.79 Å². The molecule has 0 bridgehead atoms. The molecule has 68 valence electrons. The zero-order chi connectivity index (χ0) is 9.56. The van der Waals surface area contributed by atoms with Gasteiger partial charge >= 0.3 is 0 Å². The van der Waals surface area contributed by atoms with Crippen LogP contribution in [0.4, 0.5) is 0 Å². The van der Waals surface area contributed by atoms with Crippen LogP contribution >= 0.6 is 0 Å². The Morgan fingerprint density at radius 2 is 2.17 bits per heavy atom. The smallest absolute Gasteiger partial charge is 0.168 e. The van der Waals surface area contributed by atoms with Crippen LogP contribution in [0.2, 0.25) is 0 Å². The normalized spacial score (nSPS) is 15.2. The molecule has 0 saturated carbocycles. The van der Waals surface area contributed by atoms with Gasteiger partial charge in [-0.05, 0) is 24.8 Å². The molecule has 0 aromatic heterocycles. The molecule has 0 aliphatic heterocycles. The number of hydrogen-bond acceptors (Lipinski definition) is 4. The van der Waals surface area contributed by atoms with Gasteiger partial charge in [0.2, 0.25) is 0 Å². The average Bonchev–Trinajstić information content (AvgIpc) is 2.54. The number of aldehydes is 1. The lowest BCUT2D eigenvalue weighted by atomic mass is 10.1. The largest absolute Gasteiger partial charge is 0.402 e. The van der Waals surface area contributed by atoms with E-state index in [-0.39, 0.29) is 5.71 Å². The van der Waals surface area contributed by atoms with Gasteiger partial charge in [0.1, 0.15) is 0 Å². The van der Waals surface area contributed by atoms with Crippen LogP contribution in [0.5, 0.6) is 0 Å². The molecule has 1 aliphatic carbocycles. The molecule has 0 radical (unpaired) electrons. The van der Waals surface area contributed by atoms with E-state index in [9.17, 15) is 4.79 Å². The third kappa shape index (κ3) is 2.47. The Kier molecular flexibility index (Phi) is 4.96. The number of hydrogen-bond donors (Lipinski definition) is 3. The molecular weight excluding hydrogens is 156 g/mol. The Morgan fingerprint density at radius 1 is 1.58 bits per heavy atom. The topological polar surface area (TPSA) is 87.2 Å². The van der Waals surface area contributed by atoms with E-state index >= 15 is 0 Å². The van der Waals surface area contributed by atoms with Crippen molar-refractivity contribution in [2.75, 3.05) is 7.11 Å². The number of aliphatic hydroxyl groups is 1. The maximum Gasteiger partial charge on any atom is 0.168 e. The van der Waals surface area contributed by atoms with E-state index in [1.807, 2.05) is 0 Å². The summed E-state index contributed by atoms with van der Waals surface area (Å²) in [6.45, 7) is 0. The van der Waals surface area contributed by atoms with Crippen molar-refractivity contribution in [1.29, 1.82) is 5.41 Å². The minimum atomic E-state index is 0.0509. The lowest BCUT2D eigenvalue weighted by Crippen LogP contribution is -2.06. The monoisotopic (exact) mass is 170 g/mol. The Hall–Kier alpha value is -1.16. The number of carbonyl (C=O) groups is 1. The minimum Gasteiger partial charge on any atom is -0.402 e. The lowest BCUT2D eigenvalue weighted by Gasteiger charge is -1.96. The first kappa shape index (κ1) is 10.8. The number of carbonyl (C=O) groups excluding carboxylic acids is 1. The molecule has 4 heteroatoms. The second-order valence-electron chi connectivity index (χ2n) is 2.39. The second kappa shape index (κ2) is 5.49. The van der Waals surface area contributed by atoms with Crippen molar-refractivity contribution in [3.05, 3.63) is 11.3 Å². The van der Waals surface area contributed by atoms with E-state index in [1.165, 1.54) is 0 Å². The summed E-state index contributed by atoms with van der Waals surface area (Å²) in [5.74, 6) is 0. The number of aliphatic hydroxyl groups excluding tert-OH is 1.